The molecule has 522 valence electrons. The van der Waals surface area contributed by atoms with E-state index in [0.29, 0.717) is 17.6 Å². The first kappa shape index (κ1) is 67.6. The molecule has 0 saturated heterocycles. The van der Waals surface area contributed by atoms with E-state index < -0.39 is 16.1 Å². The Morgan fingerprint density at radius 1 is 0.153 bits per heavy atom. The summed E-state index contributed by atoms with van der Waals surface area (Å²) in [5.74, 6) is 1.63. The standard InChI is InChI=1S/C105H74N4Si2/c1-8-27-75(28-9-1)82-47-59-91(60-48-82)110(92-61-49-83(50-62-92)76-29-10-2-11-30-76,93-63-51-84(52-64-93)77-31-12-3-13-32-77)97-72-90(104-106-103(89-42-26-41-88(71-89)81-39-20-7-21-40-81)107-105(108-104)109-101-45-24-22-43-99(101)100-44-23-25-46-102(100)109)73-98(74-97)111(94-65-53-85(54-66-94)78-33-14-4-15-34-78,95-67-55-86(56-68-95)79-35-16-5-17-36-79)96-69-57-87(58-70-96)80-37-18-6-19-38-80/h1-74H. The fourth-order valence-corrected chi connectivity index (χ4v) is 26.4. The molecule has 0 radical (unpaired) electrons. The molecule has 0 spiro atoms. The molecule has 17 aromatic carbocycles. The highest BCUT2D eigenvalue weighted by Gasteiger charge is 2.47. The van der Waals surface area contributed by atoms with Crippen molar-refractivity contribution in [2.24, 2.45) is 0 Å². The molecule has 19 aromatic rings. The molecule has 0 N–H and O–H groups in total. The number of benzene rings is 17. The van der Waals surface area contributed by atoms with Gasteiger partial charge in [-0.1, -0.05) is 431 Å². The summed E-state index contributed by atoms with van der Waals surface area (Å²) >= 11 is 0. The zero-order valence-electron chi connectivity index (χ0n) is 61.0. The summed E-state index contributed by atoms with van der Waals surface area (Å²) in [6, 6.07) is 166. The Kier molecular flexibility index (Phi) is 18.0. The number of nitrogens with zero attached hydrogens (tertiary/aromatic N) is 4. The first-order valence-corrected chi connectivity index (χ1v) is 42.0. The summed E-state index contributed by atoms with van der Waals surface area (Å²) in [5, 5.41) is 11.9. The van der Waals surface area contributed by atoms with E-state index in [4.69, 9.17) is 15.0 Å². The average molecular weight is 1450 g/mol. The highest BCUT2D eigenvalue weighted by Crippen LogP contribution is 2.35. The van der Waals surface area contributed by atoms with Crippen LogP contribution in [0.4, 0.5) is 0 Å². The Morgan fingerprint density at radius 3 is 0.667 bits per heavy atom. The number of fused-ring (bicyclic) bond motifs is 3. The smallest absolute Gasteiger partial charge is 0.238 e. The number of para-hydroxylation sites is 2. The normalized spacial score (nSPS) is 11.6. The van der Waals surface area contributed by atoms with E-state index in [2.05, 4.69) is 453 Å². The van der Waals surface area contributed by atoms with Crippen LogP contribution in [-0.4, -0.2) is 35.7 Å². The second kappa shape index (κ2) is 29.6. The molecule has 2 heterocycles. The topological polar surface area (TPSA) is 43.6 Å². The van der Waals surface area contributed by atoms with Crippen LogP contribution in [0.15, 0.2) is 449 Å². The Morgan fingerprint density at radius 2 is 0.378 bits per heavy atom. The molecule has 0 fully saturated rings. The molecule has 111 heavy (non-hydrogen) atoms. The van der Waals surface area contributed by atoms with E-state index in [1.807, 2.05) is 0 Å². The first-order valence-electron chi connectivity index (χ1n) is 38.0. The van der Waals surface area contributed by atoms with Crippen molar-refractivity contribution >= 4 is 79.4 Å². The molecule has 0 aliphatic heterocycles. The number of aromatic nitrogens is 4. The number of hydrogen-bond acceptors (Lipinski definition) is 3. The van der Waals surface area contributed by atoms with E-state index in [1.165, 1.54) is 41.5 Å². The predicted octanol–water partition coefficient (Wildman–Crippen LogP) is 20.7. The van der Waals surface area contributed by atoms with Gasteiger partial charge in [-0.25, -0.2) is 4.98 Å². The lowest BCUT2D eigenvalue weighted by molar-refractivity contribution is 0.953. The highest BCUT2D eigenvalue weighted by molar-refractivity contribution is 7.22. The number of rotatable bonds is 18. The SMILES string of the molecule is c1ccc(-c2ccc([Si](c3ccc(-c4ccccc4)cc3)(c3ccc(-c4ccccc4)cc3)c3cc(-c4nc(-c5cccc(-c6ccccc6)c5)nc(-n5c6ccccc6c6ccccc65)n4)cc([Si](c4ccc(-c5ccccc5)cc4)(c4ccc(-c5ccccc5)cc4)c4ccc(-c5ccccc5)cc4)c3)cc2)cc1. The summed E-state index contributed by atoms with van der Waals surface area (Å²) in [6.07, 6.45) is 0. The molecular weight excluding hydrogens is 1370 g/mol. The van der Waals surface area contributed by atoms with Gasteiger partial charge >= 0.3 is 0 Å². The third kappa shape index (κ3) is 12.7. The lowest BCUT2D eigenvalue weighted by atomic mass is 10.0. The molecule has 0 aliphatic carbocycles. The Hall–Kier alpha value is -14.0. The first-order chi connectivity index (χ1) is 55.0. The second-order valence-electron chi connectivity index (χ2n) is 28.6. The average Bonchev–Trinajstić information content (AvgIpc) is 1.21. The van der Waals surface area contributed by atoms with Crippen molar-refractivity contribution in [3.05, 3.63) is 449 Å². The van der Waals surface area contributed by atoms with Gasteiger partial charge in [0.1, 0.15) is 0 Å². The molecule has 19 rings (SSSR count). The van der Waals surface area contributed by atoms with E-state index in [-0.39, 0.29) is 0 Å². The molecule has 4 nitrogen and oxygen atoms in total. The van der Waals surface area contributed by atoms with Crippen molar-refractivity contribution in [2.45, 2.75) is 0 Å². The summed E-state index contributed by atoms with van der Waals surface area (Å²) in [7, 11) is -7.45. The summed E-state index contributed by atoms with van der Waals surface area (Å²) in [4.78, 5) is 17.6. The Balaban J connectivity index is 0.978. The van der Waals surface area contributed by atoms with Gasteiger partial charge < -0.3 is 0 Å². The van der Waals surface area contributed by atoms with Gasteiger partial charge in [-0.15, -0.1) is 0 Å². The van der Waals surface area contributed by atoms with Gasteiger partial charge in [-0.05, 0) is 138 Å². The van der Waals surface area contributed by atoms with Crippen LogP contribution in [-0.2, 0) is 0 Å². The third-order valence-corrected chi connectivity index (χ3v) is 31.7. The quantitative estimate of drug-likeness (QED) is 0.0635. The predicted molar refractivity (Wildman–Crippen MR) is 470 cm³/mol. The maximum atomic E-state index is 5.98. The Bertz CT molecular complexity index is 5740. The van der Waals surface area contributed by atoms with Gasteiger partial charge in [0.25, 0.3) is 0 Å². The fourth-order valence-electron chi connectivity index (χ4n) is 16.8. The van der Waals surface area contributed by atoms with Gasteiger partial charge in [0.2, 0.25) is 5.95 Å². The van der Waals surface area contributed by atoms with Gasteiger partial charge in [-0.2, -0.15) is 9.97 Å². The number of hydrogen-bond donors (Lipinski definition) is 0. The van der Waals surface area contributed by atoms with Crippen LogP contribution < -0.4 is 41.5 Å². The summed E-state index contributed by atoms with van der Waals surface area (Å²) in [6.45, 7) is 0. The molecular formula is C105H74N4Si2. The molecule has 0 atom stereocenters. The zero-order chi connectivity index (χ0) is 73.9. The molecule has 0 bridgehead atoms. The van der Waals surface area contributed by atoms with Crippen molar-refractivity contribution in [1.82, 2.24) is 19.5 Å². The van der Waals surface area contributed by atoms with Gasteiger partial charge in [0, 0.05) is 21.9 Å². The van der Waals surface area contributed by atoms with Crippen LogP contribution in [0.3, 0.4) is 0 Å². The summed E-state index contributed by atoms with van der Waals surface area (Å²) in [5.41, 5.74) is 19.7. The molecule has 0 saturated carbocycles. The third-order valence-electron chi connectivity index (χ3n) is 22.2. The molecule has 0 amide bonds. The Labute approximate surface area is 650 Å². The van der Waals surface area contributed by atoms with Crippen molar-refractivity contribution < 1.29 is 0 Å². The maximum Gasteiger partial charge on any atom is 0.238 e. The maximum absolute atomic E-state index is 5.98. The molecule has 0 aliphatic rings. The minimum Gasteiger partial charge on any atom is -0.278 e. The highest BCUT2D eigenvalue weighted by atomic mass is 28.3. The van der Waals surface area contributed by atoms with Gasteiger partial charge in [-0.3, -0.25) is 4.57 Å². The van der Waals surface area contributed by atoms with E-state index in [9.17, 15) is 0 Å². The van der Waals surface area contributed by atoms with Crippen LogP contribution in [0, 0.1) is 0 Å². The van der Waals surface area contributed by atoms with Crippen LogP contribution in [0.25, 0.3) is 128 Å². The summed E-state index contributed by atoms with van der Waals surface area (Å²) < 4.78 is 2.25. The monoisotopic (exact) mass is 1450 g/mol. The van der Waals surface area contributed by atoms with E-state index >= 15 is 0 Å². The minimum absolute atomic E-state index is 0.519. The van der Waals surface area contributed by atoms with Crippen molar-refractivity contribution in [3.8, 4) is 107 Å². The van der Waals surface area contributed by atoms with Gasteiger partial charge in [0.05, 0.1) is 11.0 Å². The molecule has 2 aromatic heterocycles. The lowest BCUT2D eigenvalue weighted by Crippen LogP contribution is -2.78. The van der Waals surface area contributed by atoms with E-state index in [0.717, 1.165) is 111 Å². The second-order valence-corrected chi connectivity index (χ2v) is 36.2. The largest absolute Gasteiger partial charge is 0.278 e. The fraction of sp³-hybridized carbons (Fsp3) is 0. The lowest BCUT2D eigenvalue weighted by Gasteiger charge is -2.39. The minimum atomic E-state index is -3.72. The van der Waals surface area contributed by atoms with Crippen LogP contribution in [0.2, 0.25) is 0 Å². The van der Waals surface area contributed by atoms with Crippen molar-refractivity contribution in [2.75, 3.05) is 0 Å². The zero-order valence-corrected chi connectivity index (χ0v) is 63.0. The van der Waals surface area contributed by atoms with Crippen LogP contribution in [0.1, 0.15) is 0 Å². The van der Waals surface area contributed by atoms with Crippen LogP contribution in [0.5, 0.6) is 0 Å². The van der Waals surface area contributed by atoms with E-state index in [1.54, 1.807) is 0 Å². The van der Waals surface area contributed by atoms with Crippen LogP contribution >= 0.6 is 0 Å². The molecule has 6 heteroatoms. The van der Waals surface area contributed by atoms with Crippen molar-refractivity contribution in [3.63, 3.8) is 0 Å². The van der Waals surface area contributed by atoms with Crippen molar-refractivity contribution in [1.29, 1.82) is 0 Å². The van der Waals surface area contributed by atoms with Gasteiger partial charge in [0.15, 0.2) is 27.8 Å². The molecule has 0 unspecified atom stereocenters.